The van der Waals surface area contributed by atoms with Crippen molar-refractivity contribution in [2.24, 2.45) is 16.0 Å². The lowest BCUT2D eigenvalue weighted by Crippen LogP contribution is -2.25. The molecule has 6 heteroatoms. The zero-order valence-electron chi connectivity index (χ0n) is 16.8. The summed E-state index contributed by atoms with van der Waals surface area (Å²) in [5, 5.41) is 11.9. The van der Waals surface area contributed by atoms with Crippen molar-refractivity contribution in [3.05, 3.63) is 11.8 Å². The Kier molecular flexibility index (Phi) is 13.7. The second-order valence-electron chi connectivity index (χ2n) is 6.29. The number of nitrogens with zero attached hydrogens (tertiary/aromatic N) is 3. The maximum absolute atomic E-state index is 7.52. The normalized spacial score (nSPS) is 13.4. The minimum atomic E-state index is 0.307. The van der Waals surface area contributed by atoms with Gasteiger partial charge in [-0.1, -0.05) is 43.4 Å². The van der Waals surface area contributed by atoms with Crippen LogP contribution >= 0.6 is 22.6 Å². The predicted molar refractivity (Wildman–Crippen MR) is 120 cm³/mol. The summed E-state index contributed by atoms with van der Waals surface area (Å²) in [4.78, 5) is 7.19. The molecular formula is C19H36IN5. The Morgan fingerprint density at radius 3 is 2.28 bits per heavy atom. The van der Waals surface area contributed by atoms with Gasteiger partial charge in [-0.2, -0.15) is 5.10 Å². The minimum Gasteiger partial charge on any atom is -0.375 e. The molecule has 0 aromatic heterocycles. The number of allylic oxidation sites excluding steroid dienone is 2. The highest BCUT2D eigenvalue weighted by molar-refractivity contribution is 14.1. The third kappa shape index (κ3) is 10.6. The molecule has 0 amide bonds. The Balaban J connectivity index is 5.39. The van der Waals surface area contributed by atoms with Crippen LogP contribution in [0.1, 0.15) is 67.2 Å². The summed E-state index contributed by atoms with van der Waals surface area (Å²) in [6, 6.07) is 0. The third-order valence-corrected chi connectivity index (χ3v) is 4.71. The van der Waals surface area contributed by atoms with E-state index in [0.717, 1.165) is 43.9 Å². The van der Waals surface area contributed by atoms with Crippen molar-refractivity contribution in [2.75, 3.05) is 17.5 Å². The summed E-state index contributed by atoms with van der Waals surface area (Å²) in [6.07, 6.45) is 6.48. The van der Waals surface area contributed by atoms with E-state index in [1.807, 2.05) is 6.92 Å². The number of alkyl halides is 1. The standard InChI is InChI=1S/C19H36IN5/c1-7-12-25(13-10-11-20)16(5)14-15(4)22-19(18(8-2)9-3)24-23-17(6)21/h14,18H,7-13H2,1-6H3,(H2,21,23)/b16-14+,22-15+,24-19-. The van der Waals surface area contributed by atoms with Crippen LogP contribution in [0.5, 0.6) is 0 Å². The molecule has 144 valence electrons. The smallest absolute Gasteiger partial charge is 0.151 e. The number of hydrazone groups is 1. The van der Waals surface area contributed by atoms with Gasteiger partial charge in [0.1, 0.15) is 5.84 Å². The predicted octanol–water partition coefficient (Wildman–Crippen LogP) is 5.22. The van der Waals surface area contributed by atoms with E-state index in [2.05, 4.69) is 71.8 Å². The molecule has 0 aliphatic carbocycles. The van der Waals surface area contributed by atoms with E-state index in [-0.39, 0.29) is 0 Å². The van der Waals surface area contributed by atoms with Crippen LogP contribution in [0.2, 0.25) is 0 Å². The van der Waals surface area contributed by atoms with Crippen molar-refractivity contribution in [3.63, 3.8) is 0 Å². The van der Waals surface area contributed by atoms with E-state index in [0.29, 0.717) is 11.8 Å². The summed E-state index contributed by atoms with van der Waals surface area (Å²) >= 11 is 2.43. The number of aliphatic imine (C=N–C) groups is 1. The van der Waals surface area contributed by atoms with E-state index in [9.17, 15) is 0 Å². The Morgan fingerprint density at radius 2 is 1.80 bits per heavy atom. The summed E-state index contributed by atoms with van der Waals surface area (Å²) in [5.41, 5.74) is 4.98. The van der Waals surface area contributed by atoms with Crippen molar-refractivity contribution < 1.29 is 0 Å². The average molecular weight is 461 g/mol. The molecule has 0 spiro atoms. The fourth-order valence-electron chi connectivity index (χ4n) is 2.59. The fraction of sp³-hybridized carbons (Fsp3) is 0.737. The second kappa shape index (κ2) is 14.3. The third-order valence-electron chi connectivity index (χ3n) is 3.95. The number of hydrogen-bond acceptors (Lipinski definition) is 3. The molecular weight excluding hydrogens is 425 g/mol. The summed E-state index contributed by atoms with van der Waals surface area (Å²) in [5.74, 6) is 1.42. The molecule has 25 heavy (non-hydrogen) atoms. The number of halogens is 1. The van der Waals surface area contributed by atoms with Gasteiger partial charge in [0.2, 0.25) is 0 Å². The van der Waals surface area contributed by atoms with Crippen LogP contribution in [0.4, 0.5) is 0 Å². The molecule has 0 aliphatic rings. The van der Waals surface area contributed by atoms with Crippen LogP contribution in [0.3, 0.4) is 0 Å². The minimum absolute atomic E-state index is 0.307. The fourth-order valence-corrected chi connectivity index (χ4v) is 2.94. The molecule has 0 fully saturated rings. The lowest BCUT2D eigenvalue weighted by molar-refractivity contribution is 0.347. The van der Waals surface area contributed by atoms with Crippen molar-refractivity contribution in [1.29, 1.82) is 5.41 Å². The lowest BCUT2D eigenvalue weighted by Gasteiger charge is -2.24. The first-order valence-corrected chi connectivity index (χ1v) is 10.8. The van der Waals surface area contributed by atoms with Gasteiger partial charge in [0.15, 0.2) is 5.84 Å². The summed E-state index contributed by atoms with van der Waals surface area (Å²) in [7, 11) is 0. The van der Waals surface area contributed by atoms with Gasteiger partial charge < -0.3 is 4.90 Å². The molecule has 5 nitrogen and oxygen atoms in total. The second-order valence-corrected chi connectivity index (χ2v) is 7.37. The molecule has 0 heterocycles. The maximum Gasteiger partial charge on any atom is 0.151 e. The van der Waals surface area contributed by atoms with E-state index in [1.54, 1.807) is 6.92 Å². The largest absolute Gasteiger partial charge is 0.375 e. The highest BCUT2D eigenvalue weighted by Gasteiger charge is 2.12. The van der Waals surface area contributed by atoms with Gasteiger partial charge in [-0.25, -0.2) is 4.99 Å². The van der Waals surface area contributed by atoms with Crippen molar-refractivity contribution in [3.8, 4) is 0 Å². The summed E-state index contributed by atoms with van der Waals surface area (Å²) < 4.78 is 1.18. The van der Waals surface area contributed by atoms with E-state index in [4.69, 9.17) is 10.4 Å². The summed E-state index contributed by atoms with van der Waals surface area (Å²) in [6.45, 7) is 14.6. The van der Waals surface area contributed by atoms with E-state index >= 15 is 0 Å². The van der Waals surface area contributed by atoms with Gasteiger partial charge in [-0.3, -0.25) is 10.8 Å². The van der Waals surface area contributed by atoms with Gasteiger partial charge in [-0.05, 0) is 52.5 Å². The Morgan fingerprint density at radius 1 is 1.16 bits per heavy atom. The van der Waals surface area contributed by atoms with Gasteiger partial charge in [0.25, 0.3) is 0 Å². The van der Waals surface area contributed by atoms with Crippen LogP contribution in [0.25, 0.3) is 0 Å². The quantitative estimate of drug-likeness (QED) is 0.146. The average Bonchev–Trinajstić information content (AvgIpc) is 2.56. The molecule has 0 rings (SSSR count). The van der Waals surface area contributed by atoms with Gasteiger partial charge in [-0.15, -0.1) is 0 Å². The molecule has 0 saturated heterocycles. The van der Waals surface area contributed by atoms with Crippen molar-refractivity contribution >= 4 is 40.0 Å². The van der Waals surface area contributed by atoms with Crippen molar-refractivity contribution in [2.45, 2.75) is 67.2 Å². The van der Waals surface area contributed by atoms with Crippen molar-refractivity contribution in [1.82, 2.24) is 10.3 Å². The first kappa shape index (κ1) is 24.1. The van der Waals surface area contributed by atoms with Crippen LogP contribution in [0, 0.1) is 11.3 Å². The SMILES string of the molecule is CCCN(CCCI)/C(C)=C/C(C)=N/C(=N\NC(C)=N)C(CC)CC. The number of amidine groups is 2. The lowest BCUT2D eigenvalue weighted by atomic mass is 10.0. The number of nitrogens with one attached hydrogen (secondary N) is 2. The Hall–Kier alpha value is -0.920. The Labute approximate surface area is 168 Å². The van der Waals surface area contributed by atoms with Crippen LogP contribution in [0.15, 0.2) is 21.9 Å². The van der Waals surface area contributed by atoms with Crippen LogP contribution in [-0.4, -0.2) is 39.8 Å². The van der Waals surface area contributed by atoms with Crippen LogP contribution < -0.4 is 5.43 Å². The highest BCUT2D eigenvalue weighted by Crippen LogP contribution is 2.13. The first-order chi connectivity index (χ1) is 11.9. The molecule has 0 unspecified atom stereocenters. The number of rotatable bonds is 11. The Bertz CT molecular complexity index is 478. The van der Waals surface area contributed by atoms with Gasteiger partial charge in [0.05, 0.1) is 0 Å². The maximum atomic E-state index is 7.52. The molecule has 0 aliphatic heterocycles. The first-order valence-electron chi connectivity index (χ1n) is 9.32. The van der Waals surface area contributed by atoms with Gasteiger partial charge >= 0.3 is 0 Å². The van der Waals surface area contributed by atoms with Crippen LogP contribution in [-0.2, 0) is 0 Å². The zero-order chi connectivity index (χ0) is 19.2. The molecule has 0 saturated carbocycles. The molecule has 0 bridgehead atoms. The molecule has 0 radical (unpaired) electrons. The zero-order valence-corrected chi connectivity index (χ0v) is 19.0. The molecule has 0 aromatic carbocycles. The highest BCUT2D eigenvalue weighted by atomic mass is 127. The number of hydrogen-bond donors (Lipinski definition) is 2. The monoisotopic (exact) mass is 461 g/mol. The molecule has 2 N–H and O–H groups in total. The van der Waals surface area contributed by atoms with E-state index < -0.39 is 0 Å². The van der Waals surface area contributed by atoms with E-state index in [1.165, 1.54) is 16.5 Å². The molecule has 0 aromatic rings. The van der Waals surface area contributed by atoms with Gasteiger partial charge in [0, 0.05) is 34.8 Å². The molecule has 0 atom stereocenters. The topological polar surface area (TPSA) is 63.8 Å².